The second kappa shape index (κ2) is 10.4. The van der Waals surface area contributed by atoms with Gasteiger partial charge in [-0.1, -0.05) is 152 Å². The number of thiophene rings is 1. The second-order valence-corrected chi connectivity index (χ2v) is 13.5. The van der Waals surface area contributed by atoms with Crippen molar-refractivity contribution in [3.8, 4) is 33.4 Å². The fourth-order valence-electron chi connectivity index (χ4n) is 7.74. The van der Waals surface area contributed by atoms with E-state index in [4.69, 9.17) is 0 Å². The molecule has 1 aromatic heterocycles. The van der Waals surface area contributed by atoms with Crippen LogP contribution < -0.4 is 0 Å². The lowest BCUT2D eigenvalue weighted by Crippen LogP contribution is -1.91. The summed E-state index contributed by atoms with van der Waals surface area (Å²) in [5, 5.41) is 12.9. The zero-order valence-electron chi connectivity index (χ0n) is 25.6. The van der Waals surface area contributed by atoms with Gasteiger partial charge < -0.3 is 0 Å². The highest BCUT2D eigenvalue weighted by molar-refractivity contribution is 7.26. The van der Waals surface area contributed by atoms with Crippen LogP contribution in [0.25, 0.3) is 96.6 Å². The van der Waals surface area contributed by atoms with Crippen LogP contribution in [0.1, 0.15) is 0 Å². The second-order valence-electron chi connectivity index (χ2n) is 12.4. The zero-order chi connectivity index (χ0) is 30.9. The zero-order valence-corrected chi connectivity index (χ0v) is 26.4. The summed E-state index contributed by atoms with van der Waals surface area (Å²) in [5.41, 5.74) is 7.64. The van der Waals surface area contributed by atoms with Crippen molar-refractivity contribution in [1.29, 1.82) is 0 Å². The smallest absolute Gasteiger partial charge is 0.0362 e. The maximum atomic E-state index is 2.37. The topological polar surface area (TPSA) is 0 Å². The summed E-state index contributed by atoms with van der Waals surface area (Å²) in [6, 6.07) is 62.7. The maximum Gasteiger partial charge on any atom is 0.0362 e. The Balaban J connectivity index is 1.19. The molecule has 0 N–H and O–H groups in total. The first-order chi connectivity index (χ1) is 23.3. The van der Waals surface area contributed by atoms with E-state index in [2.05, 4.69) is 170 Å². The van der Waals surface area contributed by atoms with Crippen LogP contribution in [0, 0.1) is 0 Å². The third-order valence-electron chi connectivity index (χ3n) is 9.84. The molecule has 218 valence electrons. The Bertz CT molecular complexity index is 2770. The molecule has 0 nitrogen and oxygen atoms in total. The predicted octanol–water partition coefficient (Wildman–Crippen LogP) is 13.7. The van der Waals surface area contributed by atoms with E-state index in [1.165, 1.54) is 96.6 Å². The van der Waals surface area contributed by atoms with Crippen LogP contribution in [0.2, 0.25) is 0 Å². The molecule has 0 spiro atoms. The summed E-state index contributed by atoms with van der Waals surface area (Å²) in [7, 11) is 0. The molecule has 10 rings (SSSR count). The molecule has 0 aliphatic heterocycles. The van der Waals surface area contributed by atoms with E-state index in [1.807, 2.05) is 11.3 Å². The molecule has 1 heterocycles. The van der Waals surface area contributed by atoms with Gasteiger partial charge in [-0.05, 0) is 94.7 Å². The monoisotopic (exact) mass is 612 g/mol. The van der Waals surface area contributed by atoms with Crippen molar-refractivity contribution in [2.45, 2.75) is 0 Å². The molecule has 47 heavy (non-hydrogen) atoms. The largest absolute Gasteiger partial charge is 0.135 e. The van der Waals surface area contributed by atoms with Crippen molar-refractivity contribution >= 4 is 74.6 Å². The van der Waals surface area contributed by atoms with Crippen molar-refractivity contribution in [1.82, 2.24) is 0 Å². The Morgan fingerprint density at radius 2 is 0.809 bits per heavy atom. The van der Waals surface area contributed by atoms with Crippen molar-refractivity contribution < 1.29 is 0 Å². The maximum absolute atomic E-state index is 2.37. The molecule has 0 atom stereocenters. The third-order valence-corrected chi connectivity index (χ3v) is 11.0. The van der Waals surface area contributed by atoms with Gasteiger partial charge in [0.2, 0.25) is 0 Å². The molecule has 9 aromatic carbocycles. The predicted molar refractivity (Wildman–Crippen MR) is 206 cm³/mol. The van der Waals surface area contributed by atoms with Crippen molar-refractivity contribution in [2.75, 3.05) is 0 Å². The minimum atomic E-state index is 1.24. The SMILES string of the molecule is c1ccc2cc3c(cc2c1)sc1cccc(-c2ccc(-c4c5ccccc5c(-c5cccc6ccccc56)c5ccccc45)cc2)c13. The fourth-order valence-corrected chi connectivity index (χ4v) is 8.90. The first-order valence-electron chi connectivity index (χ1n) is 16.2. The first-order valence-corrected chi connectivity index (χ1v) is 17.0. The Labute approximate surface area is 276 Å². The molecule has 1 heteroatoms. The molecule has 0 fully saturated rings. The van der Waals surface area contributed by atoms with E-state index in [9.17, 15) is 0 Å². The summed E-state index contributed by atoms with van der Waals surface area (Å²) in [4.78, 5) is 0. The number of hydrogen-bond acceptors (Lipinski definition) is 1. The average Bonchev–Trinajstić information content (AvgIpc) is 3.50. The van der Waals surface area contributed by atoms with Crippen LogP contribution in [-0.2, 0) is 0 Å². The van der Waals surface area contributed by atoms with Gasteiger partial charge in [0.1, 0.15) is 0 Å². The minimum absolute atomic E-state index is 1.24. The summed E-state index contributed by atoms with van der Waals surface area (Å²) < 4.78 is 2.67. The first kappa shape index (κ1) is 26.5. The van der Waals surface area contributed by atoms with Gasteiger partial charge in [0.15, 0.2) is 0 Å². The number of benzene rings is 9. The summed E-state index contributed by atoms with van der Waals surface area (Å²) >= 11 is 1.89. The molecule has 10 aromatic rings. The molecule has 0 amide bonds. The number of fused-ring (bicyclic) bond motifs is 7. The Morgan fingerprint density at radius 1 is 0.298 bits per heavy atom. The van der Waals surface area contributed by atoms with E-state index in [0.29, 0.717) is 0 Å². The lowest BCUT2D eigenvalue weighted by Gasteiger charge is -2.19. The molecule has 0 saturated heterocycles. The normalized spacial score (nSPS) is 11.8. The summed E-state index contributed by atoms with van der Waals surface area (Å²) in [6.07, 6.45) is 0. The quantitative estimate of drug-likeness (QED) is 0.174. The number of rotatable bonds is 3. The highest BCUT2D eigenvalue weighted by Gasteiger charge is 2.18. The highest BCUT2D eigenvalue weighted by atomic mass is 32.1. The highest BCUT2D eigenvalue weighted by Crippen LogP contribution is 2.46. The molecular weight excluding hydrogens is 585 g/mol. The van der Waals surface area contributed by atoms with Gasteiger partial charge in [0.05, 0.1) is 0 Å². The fraction of sp³-hybridized carbons (Fsp3) is 0. The summed E-state index contributed by atoms with van der Waals surface area (Å²) in [6.45, 7) is 0. The molecular formula is C46H28S. The molecule has 0 aliphatic rings. The van der Waals surface area contributed by atoms with Gasteiger partial charge in [-0.3, -0.25) is 0 Å². The van der Waals surface area contributed by atoms with Crippen LogP contribution in [0.15, 0.2) is 170 Å². The van der Waals surface area contributed by atoms with E-state index in [0.717, 1.165) is 0 Å². The van der Waals surface area contributed by atoms with Crippen LogP contribution in [0.5, 0.6) is 0 Å². The van der Waals surface area contributed by atoms with E-state index in [-0.39, 0.29) is 0 Å². The minimum Gasteiger partial charge on any atom is -0.135 e. The summed E-state index contributed by atoms with van der Waals surface area (Å²) in [5.74, 6) is 0. The van der Waals surface area contributed by atoms with Gasteiger partial charge in [-0.15, -0.1) is 11.3 Å². The Morgan fingerprint density at radius 3 is 1.51 bits per heavy atom. The van der Waals surface area contributed by atoms with Crippen molar-refractivity contribution in [3.63, 3.8) is 0 Å². The molecule has 0 saturated carbocycles. The van der Waals surface area contributed by atoms with Crippen LogP contribution in [0.4, 0.5) is 0 Å². The number of hydrogen-bond donors (Lipinski definition) is 0. The third kappa shape index (κ3) is 4.07. The Hall–Kier alpha value is -5.76. The van der Waals surface area contributed by atoms with Gasteiger partial charge >= 0.3 is 0 Å². The van der Waals surface area contributed by atoms with Crippen LogP contribution >= 0.6 is 11.3 Å². The van der Waals surface area contributed by atoms with Gasteiger partial charge in [-0.25, -0.2) is 0 Å². The average molecular weight is 613 g/mol. The lowest BCUT2D eigenvalue weighted by molar-refractivity contribution is 1.64. The van der Waals surface area contributed by atoms with E-state index >= 15 is 0 Å². The Kier molecular flexibility index (Phi) is 5.85. The van der Waals surface area contributed by atoms with Crippen molar-refractivity contribution in [2.24, 2.45) is 0 Å². The van der Waals surface area contributed by atoms with E-state index < -0.39 is 0 Å². The van der Waals surface area contributed by atoms with Gasteiger partial charge in [0, 0.05) is 20.2 Å². The lowest BCUT2D eigenvalue weighted by atomic mass is 9.84. The molecule has 0 radical (unpaired) electrons. The molecule has 0 aliphatic carbocycles. The van der Waals surface area contributed by atoms with E-state index in [1.54, 1.807) is 0 Å². The van der Waals surface area contributed by atoms with Crippen molar-refractivity contribution in [3.05, 3.63) is 170 Å². The van der Waals surface area contributed by atoms with Gasteiger partial charge in [0.25, 0.3) is 0 Å². The molecule has 0 unspecified atom stereocenters. The van der Waals surface area contributed by atoms with Crippen LogP contribution in [0.3, 0.4) is 0 Å². The van der Waals surface area contributed by atoms with Crippen LogP contribution in [-0.4, -0.2) is 0 Å². The standard InChI is InChI=1S/C46H28S/c1-2-13-33-28-43-41(27-32(33)12-1)46-35(20-10-22-42(46)47-43)30-23-25-31(26-24-30)44-37-16-5-7-18-39(37)45(40-19-8-6-17-38(40)44)36-21-9-14-29-11-3-4-15-34(29)36/h1-28H. The van der Waals surface area contributed by atoms with Gasteiger partial charge in [-0.2, -0.15) is 0 Å². The molecule has 0 bridgehead atoms.